The molecule has 0 unspecified atom stereocenters. The van der Waals surface area contributed by atoms with E-state index in [0.717, 1.165) is 11.3 Å². The molecule has 5 nitrogen and oxygen atoms in total. The van der Waals surface area contributed by atoms with Crippen molar-refractivity contribution < 1.29 is 18.8 Å². The number of carbonyl (C=O) groups excluding carboxylic acids is 1. The first-order valence-electron chi connectivity index (χ1n) is 6.12. The monoisotopic (exact) mass is 268 g/mol. The quantitative estimate of drug-likeness (QED) is 0.786. The van der Waals surface area contributed by atoms with E-state index in [1.165, 1.54) is 12.3 Å². The summed E-state index contributed by atoms with van der Waals surface area (Å²) in [5.41, 5.74) is -0.00307. The van der Waals surface area contributed by atoms with Crippen molar-refractivity contribution in [2.45, 2.75) is 38.8 Å². The van der Waals surface area contributed by atoms with Crippen molar-refractivity contribution in [3.8, 4) is 0 Å². The molecule has 0 spiro atoms. The van der Waals surface area contributed by atoms with Crippen molar-refractivity contribution in [2.24, 2.45) is 0 Å². The molecule has 1 aliphatic rings. The fourth-order valence-electron chi connectivity index (χ4n) is 1.87. The van der Waals surface area contributed by atoms with Gasteiger partial charge in [-0.3, -0.25) is 9.82 Å². The second-order valence-corrected chi connectivity index (χ2v) is 5.38. The van der Waals surface area contributed by atoms with Crippen molar-refractivity contribution in [2.75, 3.05) is 6.61 Å². The van der Waals surface area contributed by atoms with Gasteiger partial charge in [-0.15, -0.1) is 0 Å². The Hall–Kier alpha value is -1.69. The fourth-order valence-corrected chi connectivity index (χ4v) is 1.87. The highest BCUT2D eigenvalue weighted by Gasteiger charge is 2.35. The van der Waals surface area contributed by atoms with E-state index >= 15 is 0 Å². The number of rotatable bonds is 1. The summed E-state index contributed by atoms with van der Waals surface area (Å²) in [6.45, 7) is 5.72. The van der Waals surface area contributed by atoms with Gasteiger partial charge < -0.3 is 4.74 Å². The van der Waals surface area contributed by atoms with Crippen LogP contribution in [0.15, 0.2) is 18.5 Å². The highest BCUT2D eigenvalue weighted by Crippen LogP contribution is 2.31. The van der Waals surface area contributed by atoms with Gasteiger partial charge in [-0.05, 0) is 32.4 Å². The molecule has 1 saturated heterocycles. The van der Waals surface area contributed by atoms with Gasteiger partial charge in [0.1, 0.15) is 11.4 Å². The highest BCUT2D eigenvalue weighted by molar-refractivity contribution is 5.67. The Bertz CT molecular complexity index is 473. The van der Waals surface area contributed by atoms with E-state index in [2.05, 4.69) is 4.98 Å². The smallest absolute Gasteiger partial charge is 0.435 e. The van der Waals surface area contributed by atoms with Crippen LogP contribution in [0.4, 0.5) is 9.18 Å². The molecule has 0 radical (unpaired) electrons. The lowest BCUT2D eigenvalue weighted by Crippen LogP contribution is -2.35. The molecule has 1 aromatic rings. The van der Waals surface area contributed by atoms with Crippen LogP contribution in [0.1, 0.15) is 38.8 Å². The molecular formula is C13H17FN2O3. The number of hydrogen-bond acceptors (Lipinski definition) is 4. The lowest BCUT2D eigenvalue weighted by molar-refractivity contribution is -0.125. The van der Waals surface area contributed by atoms with Crippen LogP contribution in [-0.2, 0) is 9.57 Å². The maximum absolute atomic E-state index is 13.2. The third-order valence-corrected chi connectivity index (χ3v) is 2.59. The van der Waals surface area contributed by atoms with Crippen LogP contribution in [0.5, 0.6) is 0 Å². The Morgan fingerprint density at radius 2 is 2.26 bits per heavy atom. The highest BCUT2D eigenvalue weighted by atomic mass is 19.1. The zero-order valence-corrected chi connectivity index (χ0v) is 11.2. The van der Waals surface area contributed by atoms with E-state index in [1.54, 1.807) is 20.8 Å². The zero-order chi connectivity index (χ0) is 14.0. The molecule has 1 amide bonds. The van der Waals surface area contributed by atoms with E-state index < -0.39 is 17.5 Å². The number of hydroxylamine groups is 2. The summed E-state index contributed by atoms with van der Waals surface area (Å²) < 4.78 is 18.4. The lowest BCUT2D eigenvalue weighted by Gasteiger charge is -2.26. The summed E-state index contributed by atoms with van der Waals surface area (Å²) >= 11 is 0. The summed E-state index contributed by atoms with van der Waals surface area (Å²) in [4.78, 5) is 21.1. The standard InChI is InChI=1S/C13H17FN2O3/c1-13(2,3)19-12(17)16-11(4-5-18-16)9-6-10(14)8-15-7-9/h6-8,11H,4-5H2,1-3H3/t11-/m1/s1. The molecule has 2 heterocycles. The number of halogens is 1. The van der Waals surface area contributed by atoms with Crippen molar-refractivity contribution in [1.29, 1.82) is 0 Å². The summed E-state index contributed by atoms with van der Waals surface area (Å²) in [5, 5.41) is 1.15. The molecule has 104 valence electrons. The Morgan fingerprint density at radius 3 is 2.89 bits per heavy atom. The van der Waals surface area contributed by atoms with Gasteiger partial charge in [0.15, 0.2) is 0 Å². The maximum atomic E-state index is 13.2. The van der Waals surface area contributed by atoms with E-state index in [4.69, 9.17) is 9.57 Å². The third-order valence-electron chi connectivity index (χ3n) is 2.59. The Morgan fingerprint density at radius 1 is 1.53 bits per heavy atom. The second-order valence-electron chi connectivity index (χ2n) is 5.38. The van der Waals surface area contributed by atoms with Crippen molar-refractivity contribution in [3.05, 3.63) is 29.8 Å². The number of carbonyl (C=O) groups is 1. The minimum absolute atomic E-state index is 0.363. The Labute approximate surface area is 111 Å². The van der Waals surface area contributed by atoms with Crippen LogP contribution < -0.4 is 0 Å². The number of hydrogen-bond donors (Lipinski definition) is 0. The molecule has 1 atom stereocenters. The van der Waals surface area contributed by atoms with Gasteiger partial charge in [0.05, 0.1) is 18.8 Å². The van der Waals surface area contributed by atoms with Gasteiger partial charge in [0.25, 0.3) is 0 Å². The van der Waals surface area contributed by atoms with Crippen molar-refractivity contribution in [1.82, 2.24) is 10.0 Å². The van der Waals surface area contributed by atoms with Crippen LogP contribution in [0.2, 0.25) is 0 Å². The first kappa shape index (κ1) is 13.7. The molecule has 1 aliphatic heterocycles. The fraction of sp³-hybridized carbons (Fsp3) is 0.538. The molecule has 0 saturated carbocycles. The van der Waals surface area contributed by atoms with Gasteiger partial charge in [-0.1, -0.05) is 0 Å². The predicted molar refractivity (Wildman–Crippen MR) is 65.6 cm³/mol. The molecule has 19 heavy (non-hydrogen) atoms. The summed E-state index contributed by atoms with van der Waals surface area (Å²) in [6.07, 6.45) is 2.67. The van der Waals surface area contributed by atoms with Gasteiger partial charge in [0, 0.05) is 12.6 Å². The molecule has 0 aromatic carbocycles. The second kappa shape index (κ2) is 5.13. The van der Waals surface area contributed by atoms with Crippen molar-refractivity contribution >= 4 is 6.09 Å². The molecule has 1 aromatic heterocycles. The summed E-state index contributed by atoms with van der Waals surface area (Å²) in [7, 11) is 0. The molecule has 0 aliphatic carbocycles. The lowest BCUT2D eigenvalue weighted by atomic mass is 10.1. The molecule has 1 fully saturated rings. The van der Waals surface area contributed by atoms with Crippen LogP contribution in [0, 0.1) is 5.82 Å². The average Bonchev–Trinajstić information content (AvgIpc) is 2.75. The SMILES string of the molecule is CC(C)(C)OC(=O)N1OCC[C@@H]1c1cncc(F)c1. The van der Waals surface area contributed by atoms with Crippen molar-refractivity contribution in [3.63, 3.8) is 0 Å². The van der Waals surface area contributed by atoms with Crippen LogP contribution in [0.25, 0.3) is 0 Å². The van der Waals surface area contributed by atoms with E-state index in [0.29, 0.717) is 18.6 Å². The molecule has 2 rings (SSSR count). The van der Waals surface area contributed by atoms with Crippen LogP contribution in [0.3, 0.4) is 0 Å². The predicted octanol–water partition coefficient (Wildman–Crippen LogP) is 2.83. The molecule has 6 heteroatoms. The Kier molecular flexibility index (Phi) is 3.71. The van der Waals surface area contributed by atoms with E-state index in [1.807, 2.05) is 0 Å². The Balaban J connectivity index is 2.15. The molecular weight excluding hydrogens is 251 g/mol. The number of nitrogens with zero attached hydrogens (tertiary/aromatic N) is 2. The van der Waals surface area contributed by atoms with Gasteiger partial charge in [0.2, 0.25) is 0 Å². The normalized spacial score (nSPS) is 19.6. The summed E-state index contributed by atoms with van der Waals surface area (Å²) in [5.74, 6) is -0.437. The number of amides is 1. The topological polar surface area (TPSA) is 51.7 Å². The van der Waals surface area contributed by atoms with Gasteiger partial charge in [-0.2, -0.15) is 5.06 Å². The molecule has 0 bridgehead atoms. The summed E-state index contributed by atoms with van der Waals surface area (Å²) in [6, 6.07) is 0.988. The largest absolute Gasteiger partial charge is 0.442 e. The number of pyridine rings is 1. The average molecular weight is 268 g/mol. The number of aromatic nitrogens is 1. The maximum Gasteiger partial charge on any atom is 0.435 e. The van der Waals surface area contributed by atoms with Gasteiger partial charge >= 0.3 is 6.09 Å². The minimum atomic E-state index is -0.603. The first-order valence-corrected chi connectivity index (χ1v) is 6.12. The van der Waals surface area contributed by atoms with Crippen LogP contribution in [-0.4, -0.2) is 28.3 Å². The minimum Gasteiger partial charge on any atom is -0.442 e. The molecule has 0 N–H and O–H groups in total. The number of ether oxygens (including phenoxy) is 1. The van der Waals surface area contributed by atoms with E-state index in [-0.39, 0.29) is 6.04 Å². The third kappa shape index (κ3) is 3.41. The van der Waals surface area contributed by atoms with Gasteiger partial charge in [-0.25, -0.2) is 9.18 Å². The first-order chi connectivity index (χ1) is 8.87. The van der Waals surface area contributed by atoms with E-state index in [9.17, 15) is 9.18 Å². The zero-order valence-electron chi connectivity index (χ0n) is 11.2. The van der Waals surface area contributed by atoms with Crippen LogP contribution >= 0.6 is 0 Å².